The van der Waals surface area contributed by atoms with E-state index in [0.717, 1.165) is 6.61 Å². The van der Waals surface area contributed by atoms with E-state index < -0.39 is 0 Å². The molecule has 0 spiro atoms. The largest absolute Gasteiger partial charge is 0.385 e. The van der Waals surface area contributed by atoms with Crippen LogP contribution < -0.4 is 0 Å². The van der Waals surface area contributed by atoms with Gasteiger partial charge in [0.15, 0.2) is 0 Å². The molecule has 7 heavy (non-hydrogen) atoms. The Morgan fingerprint density at radius 2 is 1.71 bits per heavy atom. The van der Waals surface area contributed by atoms with E-state index in [-0.39, 0.29) is 6.15 Å². The Balaban J connectivity index is 0. The summed E-state index contributed by atoms with van der Waals surface area (Å²) >= 11 is 0. The van der Waals surface area contributed by atoms with Gasteiger partial charge in [-0.25, -0.2) is 0 Å². The van der Waals surface area contributed by atoms with E-state index in [9.17, 15) is 0 Å². The summed E-state index contributed by atoms with van der Waals surface area (Å²) in [5.41, 5.74) is 0. The fourth-order valence-electron chi connectivity index (χ4n) is 0. The van der Waals surface area contributed by atoms with E-state index in [0.29, 0.717) is 0 Å². The second-order valence-electron chi connectivity index (χ2n) is 0.661. The predicted octanol–water partition coefficient (Wildman–Crippen LogP) is 0.0692. The predicted molar refractivity (Wildman–Crippen MR) is 22.6 cm³/mol. The molecule has 3 heteroatoms. The maximum atomic E-state index is 8.12. The van der Waals surface area contributed by atoms with Gasteiger partial charge in [-0.15, -0.1) is 0 Å². The molecule has 0 unspecified atom stereocenters. The van der Waals surface area contributed by atoms with Crippen LogP contribution in [0.25, 0.3) is 0 Å². The highest BCUT2D eigenvalue weighted by molar-refractivity contribution is 5.20. The van der Waals surface area contributed by atoms with E-state index in [1.807, 2.05) is 6.92 Å². The Morgan fingerprint density at radius 1 is 1.57 bits per heavy atom. The van der Waals surface area contributed by atoms with Gasteiger partial charge in [-0.05, 0) is 6.92 Å². The zero-order valence-corrected chi connectivity index (χ0v) is 4.43. The summed E-state index contributed by atoms with van der Waals surface area (Å²) in [6, 6.07) is 0. The molecular formula is C4H8O3. The molecule has 0 rings (SSSR count). The monoisotopic (exact) mass is 104 g/mol. The van der Waals surface area contributed by atoms with Crippen molar-refractivity contribution in [1.29, 1.82) is 0 Å². The number of hydrogen-bond donors (Lipinski definition) is 0. The van der Waals surface area contributed by atoms with Crippen LogP contribution in [0.4, 0.5) is 0 Å². The molecule has 0 N–H and O–H groups in total. The van der Waals surface area contributed by atoms with Crippen molar-refractivity contribution in [1.82, 2.24) is 0 Å². The van der Waals surface area contributed by atoms with Gasteiger partial charge >= 0.3 is 6.15 Å². The van der Waals surface area contributed by atoms with Crippen molar-refractivity contribution in [3.8, 4) is 0 Å². The van der Waals surface area contributed by atoms with Gasteiger partial charge in [0.05, 0.1) is 0 Å². The van der Waals surface area contributed by atoms with Gasteiger partial charge < -0.3 is 4.74 Å². The number of methoxy groups -OCH3 is 1. The van der Waals surface area contributed by atoms with Crippen LogP contribution in [0.15, 0.2) is 0 Å². The van der Waals surface area contributed by atoms with Crippen molar-refractivity contribution in [2.45, 2.75) is 6.92 Å². The minimum atomic E-state index is 0.250. The minimum absolute atomic E-state index is 0.250. The maximum Gasteiger partial charge on any atom is 0.373 e. The summed E-state index contributed by atoms with van der Waals surface area (Å²) in [7, 11) is 1.68. The topological polar surface area (TPSA) is 43.4 Å². The molecule has 0 amide bonds. The van der Waals surface area contributed by atoms with Crippen LogP contribution in [0.2, 0.25) is 0 Å². The molecule has 0 aliphatic rings. The highest BCUT2D eigenvalue weighted by Gasteiger charge is 1.51. The molecule has 0 saturated heterocycles. The molecule has 0 aliphatic carbocycles. The molecule has 0 aromatic rings. The molecule has 0 aromatic heterocycles. The molecule has 0 atom stereocenters. The first kappa shape index (κ1) is 9.60. The number of hydrogen-bond acceptors (Lipinski definition) is 3. The van der Waals surface area contributed by atoms with Crippen molar-refractivity contribution < 1.29 is 14.3 Å². The quantitative estimate of drug-likeness (QED) is 0.472. The first-order valence-corrected chi connectivity index (χ1v) is 1.81. The van der Waals surface area contributed by atoms with Gasteiger partial charge in [-0.2, -0.15) is 9.59 Å². The van der Waals surface area contributed by atoms with Crippen LogP contribution in [0.1, 0.15) is 6.92 Å². The Hall–Kier alpha value is -0.660. The zero-order chi connectivity index (χ0) is 6.12. The second kappa shape index (κ2) is 18.4. The lowest BCUT2D eigenvalue weighted by atomic mass is 10.9. The summed E-state index contributed by atoms with van der Waals surface area (Å²) in [5, 5.41) is 0. The fourth-order valence-corrected chi connectivity index (χ4v) is 0. The molecule has 0 radical (unpaired) electrons. The van der Waals surface area contributed by atoms with Crippen molar-refractivity contribution in [2.24, 2.45) is 0 Å². The number of carbonyl (C=O) groups excluding carboxylic acids is 2. The first-order chi connectivity index (χ1) is 3.33. The van der Waals surface area contributed by atoms with Crippen molar-refractivity contribution in [3.05, 3.63) is 0 Å². The van der Waals surface area contributed by atoms with Crippen LogP contribution in [0.3, 0.4) is 0 Å². The Bertz CT molecular complexity index is 42.9. The third kappa shape index (κ3) is 515. The van der Waals surface area contributed by atoms with E-state index in [1.54, 1.807) is 7.11 Å². The van der Waals surface area contributed by atoms with Gasteiger partial charge in [0, 0.05) is 13.7 Å². The molecule has 0 saturated carbocycles. The zero-order valence-electron chi connectivity index (χ0n) is 4.43. The number of rotatable bonds is 1. The Labute approximate surface area is 42.3 Å². The lowest BCUT2D eigenvalue weighted by Gasteiger charge is -1.76. The van der Waals surface area contributed by atoms with Crippen LogP contribution >= 0.6 is 0 Å². The van der Waals surface area contributed by atoms with E-state index in [2.05, 4.69) is 4.74 Å². The first-order valence-electron chi connectivity index (χ1n) is 1.81. The summed E-state index contributed by atoms with van der Waals surface area (Å²) in [6.07, 6.45) is 0.250. The molecule has 42 valence electrons. The van der Waals surface area contributed by atoms with Crippen molar-refractivity contribution in [3.63, 3.8) is 0 Å². The van der Waals surface area contributed by atoms with Crippen LogP contribution in [0, 0.1) is 0 Å². The fraction of sp³-hybridized carbons (Fsp3) is 0.750. The summed E-state index contributed by atoms with van der Waals surface area (Å²) < 4.78 is 4.54. The average Bonchev–Trinajstić information content (AvgIpc) is 1.69. The van der Waals surface area contributed by atoms with Gasteiger partial charge in [0.25, 0.3) is 0 Å². The Kier molecular flexibility index (Phi) is 25.2. The summed E-state index contributed by atoms with van der Waals surface area (Å²) in [6.45, 7) is 2.78. The van der Waals surface area contributed by atoms with Crippen LogP contribution in [-0.4, -0.2) is 19.9 Å². The van der Waals surface area contributed by atoms with Gasteiger partial charge in [0.1, 0.15) is 0 Å². The highest BCUT2D eigenvalue weighted by Crippen LogP contribution is 1.52. The average molecular weight is 104 g/mol. The summed E-state index contributed by atoms with van der Waals surface area (Å²) in [5.74, 6) is 0. The lowest BCUT2D eigenvalue weighted by Crippen LogP contribution is -1.73. The standard InChI is InChI=1S/C3H8O.CO2/c1-3-4-2;2-1-3/h3H2,1-2H3;. The van der Waals surface area contributed by atoms with Gasteiger partial charge in [-0.1, -0.05) is 0 Å². The smallest absolute Gasteiger partial charge is 0.373 e. The van der Waals surface area contributed by atoms with Gasteiger partial charge in [0.2, 0.25) is 0 Å². The minimum Gasteiger partial charge on any atom is -0.385 e. The molecule has 0 bridgehead atoms. The third-order valence-corrected chi connectivity index (χ3v) is 0.289. The van der Waals surface area contributed by atoms with Crippen molar-refractivity contribution in [2.75, 3.05) is 13.7 Å². The van der Waals surface area contributed by atoms with Crippen LogP contribution in [0.5, 0.6) is 0 Å². The molecule has 3 nitrogen and oxygen atoms in total. The molecule has 0 heterocycles. The van der Waals surface area contributed by atoms with Crippen LogP contribution in [-0.2, 0) is 14.3 Å². The van der Waals surface area contributed by atoms with E-state index in [1.165, 1.54) is 0 Å². The van der Waals surface area contributed by atoms with Gasteiger partial charge in [-0.3, -0.25) is 0 Å². The third-order valence-electron chi connectivity index (χ3n) is 0.289. The molecule has 0 aliphatic heterocycles. The number of ether oxygens (including phenoxy) is 1. The molecular weight excluding hydrogens is 96.0 g/mol. The van der Waals surface area contributed by atoms with E-state index >= 15 is 0 Å². The maximum absolute atomic E-state index is 8.12. The Morgan fingerprint density at radius 3 is 1.71 bits per heavy atom. The lowest BCUT2D eigenvalue weighted by molar-refractivity contribution is -0.191. The normalized spacial score (nSPS) is 5.43. The van der Waals surface area contributed by atoms with E-state index in [4.69, 9.17) is 9.59 Å². The summed E-state index contributed by atoms with van der Waals surface area (Å²) in [4.78, 5) is 16.2. The molecule has 0 aromatic carbocycles. The van der Waals surface area contributed by atoms with Crippen molar-refractivity contribution >= 4 is 6.15 Å². The second-order valence-corrected chi connectivity index (χ2v) is 0.661. The molecule has 0 fully saturated rings. The highest BCUT2D eigenvalue weighted by atomic mass is 16.5. The SMILES string of the molecule is CCOC.O=C=O.